The second kappa shape index (κ2) is 10.8. The van der Waals surface area contributed by atoms with Gasteiger partial charge in [-0.1, -0.05) is 47.7 Å². The fourth-order valence-electron chi connectivity index (χ4n) is 3.74. The molecular formula is C24H27FN6O2S. The molecule has 0 atom stereocenters. The zero-order chi connectivity index (χ0) is 24.1. The summed E-state index contributed by atoms with van der Waals surface area (Å²) in [4.78, 5) is 28.8. The van der Waals surface area contributed by atoms with Crippen LogP contribution in [0.25, 0.3) is 11.4 Å². The number of piperazine rings is 1. The Balaban J connectivity index is 1.23. The maximum atomic E-state index is 13.3. The summed E-state index contributed by atoms with van der Waals surface area (Å²) in [5.74, 6) is 0.483. The predicted molar refractivity (Wildman–Crippen MR) is 130 cm³/mol. The van der Waals surface area contributed by atoms with Crippen LogP contribution in [0.2, 0.25) is 0 Å². The minimum Gasteiger partial charge on any atom is -0.339 e. The Morgan fingerprint density at radius 3 is 2.50 bits per heavy atom. The van der Waals surface area contributed by atoms with Gasteiger partial charge in [0.25, 0.3) is 0 Å². The molecule has 1 N–H and O–H groups in total. The van der Waals surface area contributed by atoms with Crippen molar-refractivity contribution in [1.82, 2.24) is 24.6 Å². The molecular weight excluding hydrogens is 455 g/mol. The molecule has 10 heteroatoms. The van der Waals surface area contributed by atoms with E-state index in [0.29, 0.717) is 37.0 Å². The highest BCUT2D eigenvalue weighted by molar-refractivity contribution is 7.99. The molecule has 2 heterocycles. The first-order valence-corrected chi connectivity index (χ1v) is 12.0. The lowest BCUT2D eigenvalue weighted by molar-refractivity contribution is -0.130. The minimum atomic E-state index is -0.393. The van der Waals surface area contributed by atoms with Crippen LogP contribution in [-0.2, 0) is 16.6 Å². The zero-order valence-corrected chi connectivity index (χ0v) is 20.0. The maximum absolute atomic E-state index is 13.3. The molecule has 34 heavy (non-hydrogen) atoms. The highest BCUT2D eigenvalue weighted by atomic mass is 32.2. The molecule has 2 amide bonds. The van der Waals surface area contributed by atoms with Crippen molar-refractivity contribution in [3.63, 3.8) is 0 Å². The topological polar surface area (TPSA) is 83.4 Å². The van der Waals surface area contributed by atoms with Crippen molar-refractivity contribution in [2.75, 3.05) is 43.8 Å². The number of thioether (sulfide) groups is 1. The van der Waals surface area contributed by atoms with Gasteiger partial charge in [0.2, 0.25) is 11.8 Å². The predicted octanol–water partition coefficient (Wildman–Crippen LogP) is 2.80. The van der Waals surface area contributed by atoms with E-state index in [2.05, 4.69) is 15.5 Å². The van der Waals surface area contributed by atoms with Crippen LogP contribution in [0.5, 0.6) is 0 Å². The number of aromatic nitrogens is 3. The van der Waals surface area contributed by atoms with Crippen molar-refractivity contribution in [3.8, 4) is 11.4 Å². The average Bonchev–Trinajstić information content (AvgIpc) is 3.18. The number of carbonyl (C=O) groups excluding carboxylic acids is 2. The van der Waals surface area contributed by atoms with Gasteiger partial charge in [-0.3, -0.25) is 14.5 Å². The highest BCUT2D eigenvalue weighted by Gasteiger charge is 2.23. The van der Waals surface area contributed by atoms with E-state index in [0.717, 1.165) is 11.4 Å². The molecule has 1 aliphatic rings. The fourth-order valence-corrected chi connectivity index (χ4v) is 4.55. The van der Waals surface area contributed by atoms with Gasteiger partial charge in [-0.2, -0.15) is 0 Å². The number of anilines is 1. The van der Waals surface area contributed by atoms with Crippen LogP contribution < -0.4 is 5.32 Å². The van der Waals surface area contributed by atoms with Crippen molar-refractivity contribution in [2.24, 2.45) is 7.05 Å². The van der Waals surface area contributed by atoms with Gasteiger partial charge < -0.3 is 14.8 Å². The summed E-state index contributed by atoms with van der Waals surface area (Å²) < 4.78 is 15.2. The van der Waals surface area contributed by atoms with Crippen molar-refractivity contribution >= 4 is 29.3 Å². The zero-order valence-electron chi connectivity index (χ0n) is 19.2. The Morgan fingerprint density at radius 1 is 1.06 bits per heavy atom. The summed E-state index contributed by atoms with van der Waals surface area (Å²) in [5.41, 5.74) is 2.60. The Morgan fingerprint density at radius 2 is 1.79 bits per heavy atom. The molecule has 0 aliphatic carbocycles. The third-order valence-electron chi connectivity index (χ3n) is 5.67. The summed E-state index contributed by atoms with van der Waals surface area (Å²) in [7, 11) is 1.90. The Hall–Kier alpha value is -3.24. The highest BCUT2D eigenvalue weighted by Crippen LogP contribution is 2.23. The van der Waals surface area contributed by atoms with Crippen LogP contribution in [0.15, 0.2) is 53.7 Å². The molecule has 0 bridgehead atoms. The van der Waals surface area contributed by atoms with E-state index in [1.165, 1.54) is 29.5 Å². The number of nitrogens with zero attached hydrogens (tertiary/aromatic N) is 5. The van der Waals surface area contributed by atoms with E-state index < -0.39 is 5.82 Å². The Bertz CT molecular complexity index is 1160. The van der Waals surface area contributed by atoms with Gasteiger partial charge >= 0.3 is 0 Å². The van der Waals surface area contributed by atoms with Crippen molar-refractivity contribution in [1.29, 1.82) is 0 Å². The number of rotatable bonds is 7. The van der Waals surface area contributed by atoms with E-state index in [4.69, 9.17) is 0 Å². The van der Waals surface area contributed by atoms with Gasteiger partial charge in [-0.05, 0) is 25.1 Å². The number of hydrogen-bond acceptors (Lipinski definition) is 6. The first-order valence-electron chi connectivity index (χ1n) is 11.0. The van der Waals surface area contributed by atoms with Gasteiger partial charge in [-0.15, -0.1) is 10.2 Å². The second-order valence-electron chi connectivity index (χ2n) is 8.24. The van der Waals surface area contributed by atoms with E-state index in [-0.39, 0.29) is 24.1 Å². The first kappa shape index (κ1) is 23.9. The molecule has 0 unspecified atom stereocenters. The van der Waals surface area contributed by atoms with Gasteiger partial charge in [-0.25, -0.2) is 4.39 Å². The number of halogens is 1. The summed E-state index contributed by atoms with van der Waals surface area (Å²) in [6, 6.07) is 13.9. The van der Waals surface area contributed by atoms with Gasteiger partial charge in [0.15, 0.2) is 11.0 Å². The van der Waals surface area contributed by atoms with Gasteiger partial charge in [0, 0.05) is 44.5 Å². The summed E-state index contributed by atoms with van der Waals surface area (Å²) in [6.07, 6.45) is 0. The average molecular weight is 483 g/mol. The van der Waals surface area contributed by atoms with Crippen molar-refractivity contribution < 1.29 is 14.0 Å². The van der Waals surface area contributed by atoms with Crippen LogP contribution in [0.1, 0.15) is 5.56 Å². The Labute approximate surface area is 202 Å². The van der Waals surface area contributed by atoms with E-state index >= 15 is 0 Å². The summed E-state index contributed by atoms with van der Waals surface area (Å²) in [5, 5.41) is 11.9. The fraction of sp³-hybridized carbons (Fsp3) is 0.333. The standard InChI is InChI=1S/C24H27FN6O2S/c1-17-6-8-18(9-7-17)23-27-28-24(29(23)2)34-16-22(33)31-12-10-30(11-13-31)15-21(32)26-20-5-3-4-19(25)14-20/h3-9,14H,10-13,15-16H2,1-2H3,(H,26,32). The molecule has 2 aromatic carbocycles. The molecule has 0 spiro atoms. The number of aryl methyl sites for hydroxylation is 1. The van der Waals surface area contributed by atoms with Gasteiger partial charge in [0.05, 0.1) is 12.3 Å². The molecule has 1 aliphatic heterocycles. The van der Waals surface area contributed by atoms with Crippen LogP contribution in [0.4, 0.5) is 10.1 Å². The summed E-state index contributed by atoms with van der Waals surface area (Å²) in [6.45, 7) is 4.56. The second-order valence-corrected chi connectivity index (χ2v) is 9.18. The van der Waals surface area contributed by atoms with E-state index in [1.54, 1.807) is 12.1 Å². The lowest BCUT2D eigenvalue weighted by Gasteiger charge is -2.34. The monoisotopic (exact) mass is 482 g/mol. The van der Waals surface area contributed by atoms with Gasteiger partial charge in [0.1, 0.15) is 5.82 Å². The van der Waals surface area contributed by atoms with Crippen LogP contribution >= 0.6 is 11.8 Å². The molecule has 178 valence electrons. The van der Waals surface area contributed by atoms with Crippen molar-refractivity contribution in [2.45, 2.75) is 12.1 Å². The quantitative estimate of drug-likeness (QED) is 0.522. The number of nitrogens with one attached hydrogen (secondary N) is 1. The third kappa shape index (κ3) is 6.00. The first-order chi connectivity index (χ1) is 16.4. The molecule has 8 nitrogen and oxygen atoms in total. The van der Waals surface area contributed by atoms with Crippen molar-refractivity contribution in [3.05, 3.63) is 59.9 Å². The Kier molecular flexibility index (Phi) is 7.59. The van der Waals surface area contributed by atoms with E-state index in [9.17, 15) is 14.0 Å². The smallest absolute Gasteiger partial charge is 0.238 e. The third-order valence-corrected chi connectivity index (χ3v) is 6.67. The van der Waals surface area contributed by atoms with Crippen LogP contribution in [0.3, 0.4) is 0 Å². The lowest BCUT2D eigenvalue weighted by Crippen LogP contribution is -2.50. The lowest BCUT2D eigenvalue weighted by atomic mass is 10.1. The molecule has 0 radical (unpaired) electrons. The maximum Gasteiger partial charge on any atom is 0.238 e. The number of benzene rings is 2. The molecule has 0 saturated carbocycles. The molecule has 1 aromatic heterocycles. The van der Waals surface area contributed by atoms with Crippen LogP contribution in [-0.4, -0.2) is 74.9 Å². The summed E-state index contributed by atoms with van der Waals surface area (Å²) >= 11 is 1.37. The number of carbonyl (C=O) groups is 2. The minimum absolute atomic E-state index is 0.0359. The molecule has 4 rings (SSSR count). The number of amides is 2. The SMILES string of the molecule is Cc1ccc(-c2nnc(SCC(=O)N3CCN(CC(=O)Nc4cccc(F)c4)CC3)n2C)cc1. The molecule has 3 aromatic rings. The normalized spacial score (nSPS) is 14.3. The molecule has 1 fully saturated rings. The largest absolute Gasteiger partial charge is 0.339 e. The number of hydrogen-bond donors (Lipinski definition) is 1. The van der Waals surface area contributed by atoms with E-state index in [1.807, 2.05) is 52.6 Å². The van der Waals surface area contributed by atoms with Crippen LogP contribution in [0, 0.1) is 12.7 Å². The molecule has 1 saturated heterocycles.